The molecule has 1 aromatic heterocycles. The van der Waals surface area contributed by atoms with E-state index in [1.54, 1.807) is 0 Å². The lowest BCUT2D eigenvalue weighted by molar-refractivity contribution is -0.389. The molecule has 0 aromatic carbocycles. The number of alkyl halides is 3. The van der Waals surface area contributed by atoms with Gasteiger partial charge in [-0.3, -0.25) is 0 Å². The standard InChI is InChI=1S/C6H3F3N2O2/c7-6(8,9)4-1-2-10-5(3-4)11(12)13/h1-3H. The summed E-state index contributed by atoms with van der Waals surface area (Å²) in [6, 6.07) is 1.06. The van der Waals surface area contributed by atoms with Gasteiger partial charge in [0.05, 0.1) is 5.56 Å². The minimum absolute atomic E-state index is 0.389. The fourth-order valence-corrected chi connectivity index (χ4v) is 0.695. The molecule has 1 aromatic rings. The number of nitro groups is 1. The van der Waals surface area contributed by atoms with Gasteiger partial charge in [0.15, 0.2) is 0 Å². The normalized spacial score (nSPS) is 11.3. The van der Waals surface area contributed by atoms with E-state index in [2.05, 4.69) is 4.98 Å². The Hall–Kier alpha value is -1.66. The molecule has 70 valence electrons. The number of pyridine rings is 1. The zero-order chi connectivity index (χ0) is 10.1. The zero-order valence-electron chi connectivity index (χ0n) is 6.08. The Morgan fingerprint density at radius 3 is 2.54 bits per heavy atom. The molecule has 0 radical (unpaired) electrons. The third-order valence-electron chi connectivity index (χ3n) is 1.26. The van der Waals surface area contributed by atoms with Crippen LogP contribution in [0.15, 0.2) is 18.3 Å². The second kappa shape index (κ2) is 3.00. The Morgan fingerprint density at radius 2 is 2.08 bits per heavy atom. The molecule has 1 heterocycles. The molecule has 7 heteroatoms. The second-order valence-corrected chi connectivity index (χ2v) is 2.16. The van der Waals surface area contributed by atoms with Crippen LogP contribution in [0.5, 0.6) is 0 Å². The molecule has 0 N–H and O–H groups in total. The first kappa shape index (κ1) is 9.43. The van der Waals surface area contributed by atoms with Gasteiger partial charge in [-0.25, -0.2) is 0 Å². The van der Waals surface area contributed by atoms with Crippen molar-refractivity contribution >= 4 is 5.82 Å². The van der Waals surface area contributed by atoms with Crippen molar-refractivity contribution in [3.8, 4) is 0 Å². The molecule has 0 amide bonds. The molecule has 0 bridgehead atoms. The average molecular weight is 192 g/mol. The van der Waals surface area contributed by atoms with Crippen LogP contribution in [0.1, 0.15) is 5.56 Å². The van der Waals surface area contributed by atoms with E-state index in [4.69, 9.17) is 0 Å². The number of hydrogen-bond donors (Lipinski definition) is 0. The first-order chi connectivity index (χ1) is 5.91. The predicted molar refractivity (Wildman–Crippen MR) is 35.9 cm³/mol. The molecule has 13 heavy (non-hydrogen) atoms. The van der Waals surface area contributed by atoms with E-state index in [1.165, 1.54) is 0 Å². The molecule has 1 rings (SSSR count). The quantitative estimate of drug-likeness (QED) is 0.505. The summed E-state index contributed by atoms with van der Waals surface area (Å²) in [5.41, 5.74) is -1.07. The number of hydrogen-bond acceptors (Lipinski definition) is 3. The third-order valence-corrected chi connectivity index (χ3v) is 1.26. The van der Waals surface area contributed by atoms with Crippen molar-refractivity contribution in [1.29, 1.82) is 0 Å². The Morgan fingerprint density at radius 1 is 1.46 bits per heavy atom. The molecule has 0 saturated carbocycles. The van der Waals surface area contributed by atoms with Gasteiger partial charge in [-0.1, -0.05) is 0 Å². The fraction of sp³-hybridized carbons (Fsp3) is 0.167. The SMILES string of the molecule is O=[N+]([O-])c1cc(C(F)(F)F)ccn1. The highest BCUT2D eigenvalue weighted by atomic mass is 19.4. The van der Waals surface area contributed by atoms with Gasteiger partial charge >= 0.3 is 12.0 Å². The lowest BCUT2D eigenvalue weighted by atomic mass is 10.2. The van der Waals surface area contributed by atoms with Crippen molar-refractivity contribution in [2.75, 3.05) is 0 Å². The van der Waals surface area contributed by atoms with Crippen molar-refractivity contribution in [2.24, 2.45) is 0 Å². The van der Waals surface area contributed by atoms with E-state index >= 15 is 0 Å². The van der Waals surface area contributed by atoms with Crippen molar-refractivity contribution in [1.82, 2.24) is 4.98 Å². The minimum Gasteiger partial charge on any atom is -0.358 e. The van der Waals surface area contributed by atoms with Crippen LogP contribution in [0, 0.1) is 10.1 Å². The van der Waals surface area contributed by atoms with Gasteiger partial charge in [0, 0.05) is 6.07 Å². The van der Waals surface area contributed by atoms with Gasteiger partial charge < -0.3 is 10.1 Å². The summed E-state index contributed by atoms with van der Waals surface area (Å²) in [6.07, 6.45) is -3.82. The van der Waals surface area contributed by atoms with E-state index in [0.29, 0.717) is 12.1 Å². The highest BCUT2D eigenvalue weighted by molar-refractivity contribution is 5.27. The van der Waals surface area contributed by atoms with E-state index in [-0.39, 0.29) is 0 Å². The van der Waals surface area contributed by atoms with Crippen LogP contribution < -0.4 is 0 Å². The smallest absolute Gasteiger partial charge is 0.358 e. The monoisotopic (exact) mass is 192 g/mol. The molecule has 0 aliphatic rings. The highest BCUT2D eigenvalue weighted by Gasteiger charge is 2.32. The number of aromatic nitrogens is 1. The molecular weight excluding hydrogens is 189 g/mol. The van der Waals surface area contributed by atoms with Crippen LogP contribution in [0.2, 0.25) is 0 Å². The van der Waals surface area contributed by atoms with E-state index in [0.717, 1.165) is 6.20 Å². The molecule has 4 nitrogen and oxygen atoms in total. The predicted octanol–water partition coefficient (Wildman–Crippen LogP) is 2.01. The first-order valence-corrected chi connectivity index (χ1v) is 3.09. The minimum atomic E-state index is -4.58. The number of rotatable bonds is 1. The summed E-state index contributed by atoms with van der Waals surface area (Å²) in [7, 11) is 0. The van der Waals surface area contributed by atoms with E-state index in [9.17, 15) is 23.3 Å². The van der Waals surface area contributed by atoms with Gasteiger partial charge in [0.2, 0.25) is 0 Å². The summed E-state index contributed by atoms with van der Waals surface area (Å²) in [6.45, 7) is 0. The molecule has 0 aliphatic heterocycles. The van der Waals surface area contributed by atoms with Gasteiger partial charge in [0.1, 0.15) is 6.20 Å². The molecule has 0 aliphatic carbocycles. The van der Waals surface area contributed by atoms with Crippen LogP contribution >= 0.6 is 0 Å². The molecule has 0 unspecified atom stereocenters. The first-order valence-electron chi connectivity index (χ1n) is 3.09. The van der Waals surface area contributed by atoms with Crippen LogP contribution in [0.3, 0.4) is 0 Å². The largest absolute Gasteiger partial charge is 0.416 e. The van der Waals surface area contributed by atoms with Crippen molar-refractivity contribution in [3.05, 3.63) is 34.0 Å². The van der Waals surface area contributed by atoms with Gasteiger partial charge in [-0.2, -0.15) is 13.2 Å². The summed E-state index contributed by atoms with van der Waals surface area (Å²) >= 11 is 0. The van der Waals surface area contributed by atoms with Crippen LogP contribution in [-0.4, -0.2) is 9.91 Å². The van der Waals surface area contributed by atoms with Crippen molar-refractivity contribution < 1.29 is 18.1 Å². The Balaban J connectivity index is 3.13. The molecule has 0 saturated heterocycles. The second-order valence-electron chi connectivity index (χ2n) is 2.16. The average Bonchev–Trinajstić information content (AvgIpc) is 2.03. The maximum atomic E-state index is 12.0. The van der Waals surface area contributed by atoms with Crippen molar-refractivity contribution in [2.45, 2.75) is 6.18 Å². The number of halogens is 3. The topological polar surface area (TPSA) is 56.0 Å². The number of nitrogens with zero attached hydrogens (tertiary/aromatic N) is 2. The molecule has 0 fully saturated rings. The lowest BCUT2D eigenvalue weighted by Crippen LogP contribution is -2.05. The highest BCUT2D eigenvalue weighted by Crippen LogP contribution is 2.30. The maximum Gasteiger partial charge on any atom is 0.416 e. The lowest BCUT2D eigenvalue weighted by Gasteiger charge is -2.03. The van der Waals surface area contributed by atoms with Crippen molar-refractivity contribution in [3.63, 3.8) is 0 Å². The summed E-state index contributed by atoms with van der Waals surface area (Å²) < 4.78 is 35.9. The summed E-state index contributed by atoms with van der Waals surface area (Å²) in [5, 5.41) is 10.1. The third kappa shape index (κ3) is 2.14. The molecule has 0 atom stereocenters. The fourth-order valence-electron chi connectivity index (χ4n) is 0.695. The Labute approximate surface area is 70.2 Å². The van der Waals surface area contributed by atoms with E-state index < -0.39 is 22.5 Å². The Kier molecular flexibility index (Phi) is 2.18. The molecule has 0 spiro atoms. The van der Waals surface area contributed by atoms with Gasteiger partial charge in [-0.15, -0.1) is 0 Å². The summed E-state index contributed by atoms with van der Waals surface area (Å²) in [5.74, 6) is -0.810. The van der Waals surface area contributed by atoms with Crippen LogP contribution in [-0.2, 0) is 6.18 Å². The maximum absolute atomic E-state index is 12.0. The Bertz CT molecular complexity index is 337. The van der Waals surface area contributed by atoms with E-state index in [1.807, 2.05) is 0 Å². The zero-order valence-corrected chi connectivity index (χ0v) is 6.08. The van der Waals surface area contributed by atoms with Gasteiger partial charge in [0.25, 0.3) is 0 Å². The van der Waals surface area contributed by atoms with Crippen LogP contribution in [0.25, 0.3) is 0 Å². The summed E-state index contributed by atoms with van der Waals surface area (Å²) in [4.78, 5) is 12.2. The molecular formula is C6H3F3N2O2. The van der Waals surface area contributed by atoms with Crippen LogP contribution in [0.4, 0.5) is 19.0 Å². The van der Waals surface area contributed by atoms with Gasteiger partial charge in [-0.05, 0) is 16.0 Å².